The highest BCUT2D eigenvalue weighted by Crippen LogP contribution is 2.43. The zero-order valence-corrected chi connectivity index (χ0v) is 14.5. The second kappa shape index (κ2) is 7.23. The van der Waals surface area contributed by atoms with Gasteiger partial charge in [-0.15, -0.1) is 0 Å². The number of hydrogen-bond donors (Lipinski definition) is 1. The fraction of sp³-hybridized carbons (Fsp3) is 0.238. The van der Waals surface area contributed by atoms with Crippen LogP contribution in [0.5, 0.6) is 0 Å². The van der Waals surface area contributed by atoms with Gasteiger partial charge < -0.3 is 14.1 Å². The largest absolute Gasteiger partial charge is 0.356 e. The van der Waals surface area contributed by atoms with Crippen molar-refractivity contribution in [3.8, 4) is 11.3 Å². The quantitative estimate of drug-likeness (QED) is 0.523. The number of ether oxygens (including phenoxy) is 1. The smallest absolute Gasteiger partial charge is 0.173 e. The summed E-state index contributed by atoms with van der Waals surface area (Å²) in [7, 11) is 0. The Balaban J connectivity index is 1.47. The van der Waals surface area contributed by atoms with Gasteiger partial charge in [-0.25, -0.2) is 0 Å². The molecule has 0 amide bonds. The number of aryl methyl sites for hydroxylation is 1. The highest BCUT2D eigenvalue weighted by atomic mass is 16.6. The molecule has 26 heavy (non-hydrogen) atoms. The average Bonchev–Trinajstić information content (AvgIpc) is 3.33. The van der Waals surface area contributed by atoms with Gasteiger partial charge in [-0.05, 0) is 18.9 Å². The molecule has 0 spiro atoms. The van der Waals surface area contributed by atoms with Crippen LogP contribution in [-0.2, 0) is 16.0 Å². The molecule has 2 heterocycles. The molecule has 2 aromatic carbocycles. The van der Waals surface area contributed by atoms with E-state index in [2.05, 4.69) is 10.5 Å². The lowest BCUT2D eigenvalue weighted by Crippen LogP contribution is -2.35. The molecule has 5 nitrogen and oxygen atoms in total. The first-order valence-electron chi connectivity index (χ1n) is 8.68. The molecule has 0 aliphatic carbocycles. The van der Waals surface area contributed by atoms with E-state index in [1.165, 1.54) is 0 Å². The zero-order chi connectivity index (χ0) is 17.9. The number of epoxide rings is 1. The molecule has 3 atom stereocenters. The Bertz CT molecular complexity index is 877. The summed E-state index contributed by atoms with van der Waals surface area (Å²) in [5, 5.41) is 7.38. The van der Waals surface area contributed by atoms with Gasteiger partial charge in [0.15, 0.2) is 5.76 Å². The molecule has 0 bridgehead atoms. The van der Waals surface area contributed by atoms with Gasteiger partial charge in [0, 0.05) is 5.56 Å². The summed E-state index contributed by atoms with van der Waals surface area (Å²) in [6.45, 7) is 1.91. The van der Waals surface area contributed by atoms with Gasteiger partial charge in [0.1, 0.15) is 18.6 Å². The van der Waals surface area contributed by atoms with E-state index in [0.717, 1.165) is 34.4 Å². The van der Waals surface area contributed by atoms with Crippen molar-refractivity contribution >= 4 is 6.29 Å². The van der Waals surface area contributed by atoms with Crippen molar-refractivity contribution < 1.29 is 14.1 Å². The fourth-order valence-corrected chi connectivity index (χ4v) is 3.19. The van der Waals surface area contributed by atoms with Crippen LogP contribution in [0, 0.1) is 6.92 Å². The lowest BCUT2D eigenvalue weighted by molar-refractivity contribution is -0.109. The van der Waals surface area contributed by atoms with Crippen LogP contribution in [-0.4, -0.2) is 23.7 Å². The number of aromatic nitrogens is 1. The van der Waals surface area contributed by atoms with E-state index >= 15 is 0 Å². The Kier molecular flexibility index (Phi) is 4.65. The number of hydrogen-bond acceptors (Lipinski definition) is 5. The number of aldehydes is 1. The van der Waals surface area contributed by atoms with Crippen molar-refractivity contribution in [2.75, 3.05) is 0 Å². The minimum atomic E-state index is -0.298. The van der Waals surface area contributed by atoms with E-state index < -0.39 is 0 Å². The second-order valence-electron chi connectivity index (χ2n) is 6.45. The molecule has 3 aromatic rings. The van der Waals surface area contributed by atoms with E-state index in [1.54, 1.807) is 0 Å². The Morgan fingerprint density at radius 1 is 1.12 bits per heavy atom. The molecule has 1 aromatic heterocycles. The van der Waals surface area contributed by atoms with Crippen molar-refractivity contribution in [2.24, 2.45) is 0 Å². The van der Waals surface area contributed by atoms with Gasteiger partial charge in [0.25, 0.3) is 0 Å². The van der Waals surface area contributed by atoms with Crippen molar-refractivity contribution in [1.82, 2.24) is 10.5 Å². The van der Waals surface area contributed by atoms with Crippen molar-refractivity contribution in [3.63, 3.8) is 0 Å². The third-order valence-electron chi connectivity index (χ3n) is 4.56. The van der Waals surface area contributed by atoms with Crippen LogP contribution in [0.4, 0.5) is 0 Å². The summed E-state index contributed by atoms with van der Waals surface area (Å²) in [5.74, 6) is 0.725. The maximum atomic E-state index is 11.5. The monoisotopic (exact) mass is 348 g/mol. The minimum Gasteiger partial charge on any atom is -0.356 e. The third-order valence-corrected chi connectivity index (χ3v) is 4.56. The normalized spacial score (nSPS) is 19.9. The Hall–Kier alpha value is -2.76. The van der Waals surface area contributed by atoms with Gasteiger partial charge in [-0.2, -0.15) is 0 Å². The molecule has 1 saturated heterocycles. The van der Waals surface area contributed by atoms with Crippen molar-refractivity contribution in [3.05, 3.63) is 77.5 Å². The van der Waals surface area contributed by atoms with Gasteiger partial charge in [0.05, 0.1) is 17.3 Å². The number of nitrogens with one attached hydrogen (secondary N) is 1. The highest BCUT2D eigenvalue weighted by Gasteiger charge is 2.45. The zero-order valence-electron chi connectivity index (χ0n) is 14.5. The van der Waals surface area contributed by atoms with Gasteiger partial charge in [0.2, 0.25) is 0 Å². The van der Waals surface area contributed by atoms with Crippen molar-refractivity contribution in [1.29, 1.82) is 0 Å². The lowest BCUT2D eigenvalue weighted by Gasteiger charge is -2.10. The summed E-state index contributed by atoms with van der Waals surface area (Å²) in [4.78, 5) is 11.5. The van der Waals surface area contributed by atoms with E-state index in [-0.39, 0.29) is 18.4 Å². The van der Waals surface area contributed by atoms with Crippen LogP contribution in [0.3, 0.4) is 0 Å². The second-order valence-corrected chi connectivity index (χ2v) is 6.45. The molecule has 2 unspecified atom stereocenters. The van der Waals surface area contributed by atoms with Crippen LogP contribution >= 0.6 is 0 Å². The molecule has 1 aliphatic rings. The van der Waals surface area contributed by atoms with Gasteiger partial charge in [-0.1, -0.05) is 65.8 Å². The summed E-state index contributed by atoms with van der Waals surface area (Å²) in [5.41, 5.74) is 3.83. The molecule has 1 aliphatic heterocycles. The van der Waals surface area contributed by atoms with E-state index in [4.69, 9.17) is 9.26 Å². The third kappa shape index (κ3) is 3.45. The fourth-order valence-electron chi connectivity index (χ4n) is 3.19. The summed E-state index contributed by atoms with van der Waals surface area (Å²) >= 11 is 0. The highest BCUT2D eigenvalue weighted by molar-refractivity contribution is 5.63. The molecule has 1 fully saturated rings. The number of benzene rings is 2. The van der Waals surface area contributed by atoms with Crippen LogP contribution < -0.4 is 5.32 Å². The first-order chi connectivity index (χ1) is 12.8. The number of nitrogens with zero attached hydrogens (tertiary/aromatic N) is 1. The summed E-state index contributed by atoms with van der Waals surface area (Å²) in [6.07, 6.45) is 1.19. The lowest BCUT2D eigenvalue weighted by atomic mass is 10.0. The molecular weight excluding hydrogens is 328 g/mol. The molecule has 1 N–H and O–H groups in total. The summed E-state index contributed by atoms with van der Waals surface area (Å²) in [6, 6.07) is 19.5. The van der Waals surface area contributed by atoms with E-state index in [0.29, 0.717) is 6.42 Å². The molecule has 132 valence electrons. The van der Waals surface area contributed by atoms with Crippen LogP contribution in [0.2, 0.25) is 0 Å². The Labute approximate surface area is 152 Å². The topological polar surface area (TPSA) is 67.7 Å². The number of carbonyl (C=O) groups is 1. The first kappa shape index (κ1) is 16.7. The molecule has 5 heteroatoms. The minimum absolute atomic E-state index is 0.158. The maximum absolute atomic E-state index is 11.5. The molecular formula is C21H20N2O3. The van der Waals surface area contributed by atoms with Gasteiger partial charge >= 0.3 is 0 Å². The molecule has 0 saturated carbocycles. The van der Waals surface area contributed by atoms with Crippen LogP contribution in [0.1, 0.15) is 22.9 Å². The van der Waals surface area contributed by atoms with Gasteiger partial charge in [-0.3, -0.25) is 5.32 Å². The Morgan fingerprint density at radius 2 is 1.81 bits per heavy atom. The number of rotatable bonds is 7. The van der Waals surface area contributed by atoms with E-state index in [9.17, 15) is 4.79 Å². The summed E-state index contributed by atoms with van der Waals surface area (Å²) < 4.78 is 11.3. The van der Waals surface area contributed by atoms with Crippen LogP contribution in [0.15, 0.2) is 65.2 Å². The molecule has 0 radical (unpaired) electrons. The average molecular weight is 348 g/mol. The maximum Gasteiger partial charge on any atom is 0.173 e. The standard InChI is InChI=1S/C21H20N2O3/c1-14-18(19(26-23-14)16-10-6-3-7-11-16)20-21(25-20)22-17(13-24)12-15-8-4-2-5-9-15/h2-11,13,17,20-22H,12H2,1H3/t17-,20?,21?/m0/s1. The van der Waals surface area contributed by atoms with E-state index in [1.807, 2.05) is 67.6 Å². The first-order valence-corrected chi connectivity index (χ1v) is 8.68. The SMILES string of the molecule is Cc1noc(-c2ccccc2)c1C1OC1N[C@H](C=O)Cc1ccccc1. The predicted octanol–water partition coefficient (Wildman–Crippen LogP) is 3.45. The van der Waals surface area contributed by atoms with Crippen LogP contribution in [0.25, 0.3) is 11.3 Å². The predicted molar refractivity (Wildman–Crippen MR) is 97.4 cm³/mol. The number of carbonyl (C=O) groups excluding carboxylic acids is 1. The Morgan fingerprint density at radius 3 is 2.50 bits per heavy atom. The molecule has 4 rings (SSSR count). The van der Waals surface area contributed by atoms with Crippen molar-refractivity contribution in [2.45, 2.75) is 31.7 Å².